The highest BCUT2D eigenvalue weighted by atomic mass is 16.5. The van der Waals surface area contributed by atoms with E-state index >= 15 is 0 Å². The van der Waals surface area contributed by atoms with Gasteiger partial charge in [-0.1, -0.05) is 0 Å². The highest BCUT2D eigenvalue weighted by molar-refractivity contribution is 5.95. The van der Waals surface area contributed by atoms with Crippen LogP contribution in [0.4, 0.5) is 0 Å². The molecule has 1 aromatic rings. The summed E-state index contributed by atoms with van der Waals surface area (Å²) in [5, 5.41) is 10.7. The summed E-state index contributed by atoms with van der Waals surface area (Å²) >= 11 is 0. The maximum absolute atomic E-state index is 11.4. The molecule has 0 fully saturated rings. The Hall–Kier alpha value is -2.04. The Bertz CT molecular complexity index is 372. The number of amides is 1. The summed E-state index contributed by atoms with van der Waals surface area (Å²) in [4.78, 5) is 21.6. The number of carbonyl (C=O) groups excluding carboxylic acids is 1. The van der Waals surface area contributed by atoms with Crippen molar-refractivity contribution in [2.75, 3.05) is 13.2 Å². The zero-order chi connectivity index (χ0) is 12.0. The van der Waals surface area contributed by atoms with Crippen molar-refractivity contribution in [3.05, 3.63) is 29.8 Å². The normalized spacial score (nSPS) is 9.56. The van der Waals surface area contributed by atoms with Crippen molar-refractivity contribution in [2.45, 2.75) is 6.92 Å². The van der Waals surface area contributed by atoms with Crippen molar-refractivity contribution in [3.8, 4) is 5.75 Å². The maximum atomic E-state index is 11.4. The molecule has 1 aromatic carbocycles. The van der Waals surface area contributed by atoms with Crippen molar-refractivity contribution >= 4 is 11.9 Å². The molecule has 0 unspecified atom stereocenters. The molecule has 0 saturated carbocycles. The van der Waals surface area contributed by atoms with E-state index in [-0.39, 0.29) is 6.54 Å². The average molecular weight is 223 g/mol. The van der Waals surface area contributed by atoms with Crippen LogP contribution < -0.4 is 10.1 Å². The molecule has 0 heterocycles. The highest BCUT2D eigenvalue weighted by Crippen LogP contribution is 2.11. The fourth-order valence-corrected chi connectivity index (χ4v) is 1.13. The molecule has 0 spiro atoms. The molecule has 0 aromatic heterocycles. The predicted molar refractivity (Wildman–Crippen MR) is 57.6 cm³/mol. The number of ether oxygens (including phenoxy) is 1. The molecule has 5 nitrogen and oxygen atoms in total. The van der Waals surface area contributed by atoms with Gasteiger partial charge in [-0.05, 0) is 31.2 Å². The van der Waals surface area contributed by atoms with Crippen molar-refractivity contribution < 1.29 is 19.4 Å². The van der Waals surface area contributed by atoms with Crippen LogP contribution in [-0.2, 0) is 4.79 Å². The highest BCUT2D eigenvalue weighted by Gasteiger charge is 2.06. The SMILES string of the molecule is CCOc1ccc(C(=O)NCC(=O)O)cc1. The molecule has 0 bridgehead atoms. The average Bonchev–Trinajstić information content (AvgIpc) is 2.27. The Kier molecular flexibility index (Phi) is 4.32. The van der Waals surface area contributed by atoms with E-state index in [0.717, 1.165) is 0 Å². The monoisotopic (exact) mass is 223 g/mol. The van der Waals surface area contributed by atoms with Crippen molar-refractivity contribution in [2.24, 2.45) is 0 Å². The Labute approximate surface area is 93.0 Å². The minimum absolute atomic E-state index is 0.383. The standard InChI is InChI=1S/C11H13NO4/c1-2-16-9-5-3-8(4-6-9)11(15)12-7-10(13)14/h3-6H,2,7H2,1H3,(H,12,15)(H,13,14). The third-order valence-corrected chi connectivity index (χ3v) is 1.83. The lowest BCUT2D eigenvalue weighted by Crippen LogP contribution is -2.29. The molecule has 0 saturated heterocycles. The molecule has 1 amide bonds. The molecule has 16 heavy (non-hydrogen) atoms. The number of carbonyl (C=O) groups is 2. The van der Waals surface area contributed by atoms with Gasteiger partial charge in [-0.3, -0.25) is 9.59 Å². The van der Waals surface area contributed by atoms with E-state index in [1.165, 1.54) is 0 Å². The first-order valence-corrected chi connectivity index (χ1v) is 4.86. The van der Waals surface area contributed by atoms with E-state index < -0.39 is 11.9 Å². The minimum atomic E-state index is -1.07. The van der Waals surface area contributed by atoms with Crippen LogP contribution in [0.2, 0.25) is 0 Å². The van der Waals surface area contributed by atoms with E-state index in [9.17, 15) is 9.59 Å². The lowest BCUT2D eigenvalue weighted by atomic mass is 10.2. The topological polar surface area (TPSA) is 75.6 Å². The van der Waals surface area contributed by atoms with Crippen LogP contribution in [0.3, 0.4) is 0 Å². The van der Waals surface area contributed by atoms with E-state index in [4.69, 9.17) is 9.84 Å². The van der Waals surface area contributed by atoms with Crippen molar-refractivity contribution in [1.29, 1.82) is 0 Å². The predicted octanol–water partition coefficient (Wildman–Crippen LogP) is 0.900. The van der Waals surface area contributed by atoms with Gasteiger partial charge in [0.05, 0.1) is 6.61 Å². The molecule has 0 aliphatic carbocycles. The molecule has 2 N–H and O–H groups in total. The van der Waals surface area contributed by atoms with Crippen molar-refractivity contribution in [1.82, 2.24) is 5.32 Å². The third-order valence-electron chi connectivity index (χ3n) is 1.83. The molecule has 0 aliphatic heterocycles. The second kappa shape index (κ2) is 5.75. The van der Waals surface area contributed by atoms with E-state index in [0.29, 0.717) is 17.9 Å². The van der Waals surface area contributed by atoms with Gasteiger partial charge in [-0.25, -0.2) is 0 Å². The molecule has 86 valence electrons. The van der Waals surface area contributed by atoms with Gasteiger partial charge < -0.3 is 15.2 Å². The number of hydrogen-bond acceptors (Lipinski definition) is 3. The first kappa shape index (κ1) is 12.0. The zero-order valence-electron chi connectivity index (χ0n) is 8.90. The first-order valence-electron chi connectivity index (χ1n) is 4.86. The quantitative estimate of drug-likeness (QED) is 0.777. The summed E-state index contributed by atoms with van der Waals surface area (Å²) in [5.74, 6) is -0.804. The van der Waals surface area contributed by atoms with Crippen LogP contribution in [0.25, 0.3) is 0 Å². The fraction of sp³-hybridized carbons (Fsp3) is 0.273. The lowest BCUT2D eigenvalue weighted by molar-refractivity contribution is -0.135. The van der Waals surface area contributed by atoms with Gasteiger partial charge in [-0.15, -0.1) is 0 Å². The third kappa shape index (κ3) is 3.61. The van der Waals surface area contributed by atoms with Crippen LogP contribution >= 0.6 is 0 Å². The smallest absolute Gasteiger partial charge is 0.322 e. The second-order valence-corrected chi connectivity index (χ2v) is 3.03. The molecule has 1 rings (SSSR count). The molecule has 0 aliphatic rings. The van der Waals surface area contributed by atoms with Gasteiger partial charge in [0.25, 0.3) is 5.91 Å². The molecule has 0 atom stereocenters. The summed E-state index contributed by atoms with van der Waals surface area (Å²) in [6.45, 7) is 2.05. The summed E-state index contributed by atoms with van der Waals surface area (Å²) < 4.78 is 5.21. The Morgan fingerprint density at radius 1 is 1.31 bits per heavy atom. The van der Waals surface area contributed by atoms with Gasteiger partial charge in [0.15, 0.2) is 0 Å². The van der Waals surface area contributed by atoms with Crippen LogP contribution in [-0.4, -0.2) is 30.1 Å². The molecule has 0 radical (unpaired) electrons. The van der Waals surface area contributed by atoms with Gasteiger partial charge >= 0.3 is 5.97 Å². The Morgan fingerprint density at radius 3 is 2.44 bits per heavy atom. The fourth-order valence-electron chi connectivity index (χ4n) is 1.13. The van der Waals surface area contributed by atoms with Gasteiger partial charge in [-0.2, -0.15) is 0 Å². The minimum Gasteiger partial charge on any atom is -0.494 e. The summed E-state index contributed by atoms with van der Waals surface area (Å²) in [6, 6.07) is 6.50. The summed E-state index contributed by atoms with van der Waals surface area (Å²) in [7, 11) is 0. The zero-order valence-corrected chi connectivity index (χ0v) is 8.90. The number of carboxylic acid groups (broad SMARTS) is 1. The van der Waals surface area contributed by atoms with E-state index in [1.54, 1.807) is 24.3 Å². The number of rotatable bonds is 5. The molecule has 5 heteroatoms. The largest absolute Gasteiger partial charge is 0.494 e. The van der Waals surface area contributed by atoms with E-state index in [1.807, 2.05) is 6.92 Å². The van der Waals surface area contributed by atoms with Gasteiger partial charge in [0, 0.05) is 5.56 Å². The molecular weight excluding hydrogens is 210 g/mol. The van der Waals surface area contributed by atoms with Crippen LogP contribution in [0.5, 0.6) is 5.75 Å². The maximum Gasteiger partial charge on any atom is 0.322 e. The van der Waals surface area contributed by atoms with Crippen molar-refractivity contribution in [3.63, 3.8) is 0 Å². The first-order chi connectivity index (χ1) is 7.63. The number of carboxylic acids is 1. The number of benzene rings is 1. The van der Waals surface area contributed by atoms with Gasteiger partial charge in [0.2, 0.25) is 0 Å². The van der Waals surface area contributed by atoms with Crippen LogP contribution in [0.1, 0.15) is 17.3 Å². The second-order valence-electron chi connectivity index (χ2n) is 3.03. The van der Waals surface area contributed by atoms with Gasteiger partial charge in [0.1, 0.15) is 12.3 Å². The van der Waals surface area contributed by atoms with Crippen LogP contribution in [0, 0.1) is 0 Å². The van der Waals surface area contributed by atoms with Crippen LogP contribution in [0.15, 0.2) is 24.3 Å². The summed E-state index contributed by atoms with van der Waals surface area (Å²) in [6.07, 6.45) is 0. The number of hydrogen-bond donors (Lipinski definition) is 2. The molecular formula is C11H13NO4. The Balaban J connectivity index is 2.59. The number of nitrogens with one attached hydrogen (secondary N) is 1. The lowest BCUT2D eigenvalue weighted by Gasteiger charge is -2.04. The van der Waals surface area contributed by atoms with E-state index in [2.05, 4.69) is 5.32 Å². The Morgan fingerprint density at radius 2 is 1.94 bits per heavy atom. The summed E-state index contributed by atoms with van der Waals surface area (Å²) in [5.41, 5.74) is 0.407. The number of aliphatic carboxylic acids is 1.